The summed E-state index contributed by atoms with van der Waals surface area (Å²) in [6.07, 6.45) is 2.26. The number of thioether (sulfide) groups is 1. The monoisotopic (exact) mass is 351 g/mol. The zero-order valence-corrected chi connectivity index (χ0v) is 12.8. The van der Waals surface area contributed by atoms with E-state index in [0.29, 0.717) is 12.6 Å². The predicted octanol–water partition coefficient (Wildman–Crippen LogP) is 4.04. The maximum Gasteiger partial charge on any atom is 0.387 e. The van der Waals surface area contributed by atoms with Crippen LogP contribution in [0.15, 0.2) is 22.7 Å². The van der Waals surface area contributed by atoms with Crippen LogP contribution < -0.4 is 10.1 Å². The van der Waals surface area contributed by atoms with E-state index in [-0.39, 0.29) is 5.75 Å². The van der Waals surface area contributed by atoms with Crippen LogP contribution in [0.3, 0.4) is 0 Å². The Bertz CT molecular complexity index is 414. The summed E-state index contributed by atoms with van der Waals surface area (Å²) >= 11 is 5.32. The number of rotatable bonds is 5. The standard InChI is InChI=1S/C13H16BrF2NOS/c14-10-1-2-12(18-13(15)16)9(7-10)8-17-11-3-5-19-6-4-11/h1-2,7,11,13,17H,3-6,8H2. The normalized spacial score (nSPS) is 16.8. The van der Waals surface area contributed by atoms with Crippen molar-refractivity contribution in [3.63, 3.8) is 0 Å². The Kier molecular flexibility index (Phi) is 5.91. The number of hydrogen-bond donors (Lipinski definition) is 1. The molecule has 0 amide bonds. The zero-order valence-electron chi connectivity index (χ0n) is 10.4. The van der Waals surface area contributed by atoms with Crippen molar-refractivity contribution < 1.29 is 13.5 Å². The molecule has 0 unspecified atom stereocenters. The van der Waals surface area contributed by atoms with Crippen molar-refractivity contribution in [2.45, 2.75) is 32.0 Å². The first-order valence-electron chi connectivity index (χ1n) is 6.19. The van der Waals surface area contributed by atoms with Crippen LogP contribution in [0.4, 0.5) is 8.78 Å². The van der Waals surface area contributed by atoms with E-state index in [2.05, 4.69) is 26.0 Å². The van der Waals surface area contributed by atoms with E-state index >= 15 is 0 Å². The summed E-state index contributed by atoms with van der Waals surface area (Å²) in [5.74, 6) is 2.57. The van der Waals surface area contributed by atoms with Crippen molar-refractivity contribution in [3.8, 4) is 5.75 Å². The van der Waals surface area contributed by atoms with E-state index in [1.54, 1.807) is 12.1 Å². The summed E-state index contributed by atoms with van der Waals surface area (Å²) in [4.78, 5) is 0. The third-order valence-electron chi connectivity index (χ3n) is 3.04. The van der Waals surface area contributed by atoms with Gasteiger partial charge in [-0.25, -0.2) is 0 Å². The van der Waals surface area contributed by atoms with Gasteiger partial charge in [0.05, 0.1) is 0 Å². The molecule has 0 radical (unpaired) electrons. The Morgan fingerprint density at radius 3 is 2.79 bits per heavy atom. The van der Waals surface area contributed by atoms with Gasteiger partial charge < -0.3 is 10.1 Å². The fourth-order valence-corrected chi connectivity index (χ4v) is 3.57. The van der Waals surface area contributed by atoms with Crippen molar-refractivity contribution in [2.24, 2.45) is 0 Å². The van der Waals surface area contributed by atoms with Gasteiger partial charge >= 0.3 is 6.61 Å². The Morgan fingerprint density at radius 2 is 2.11 bits per heavy atom. The van der Waals surface area contributed by atoms with Gasteiger partial charge in [0, 0.05) is 22.6 Å². The summed E-state index contributed by atoms with van der Waals surface area (Å²) in [7, 11) is 0. The smallest absolute Gasteiger partial charge is 0.387 e. The number of hydrogen-bond acceptors (Lipinski definition) is 3. The minimum Gasteiger partial charge on any atom is -0.434 e. The van der Waals surface area contributed by atoms with E-state index in [9.17, 15) is 8.78 Å². The third kappa shape index (κ3) is 4.93. The van der Waals surface area contributed by atoms with Crippen LogP contribution >= 0.6 is 27.7 Å². The molecule has 1 aromatic rings. The van der Waals surface area contributed by atoms with Gasteiger partial charge in [-0.1, -0.05) is 15.9 Å². The van der Waals surface area contributed by atoms with Crippen LogP contribution in [0.2, 0.25) is 0 Å². The molecular weight excluding hydrogens is 336 g/mol. The minimum absolute atomic E-state index is 0.246. The lowest BCUT2D eigenvalue weighted by Crippen LogP contribution is -2.32. The Morgan fingerprint density at radius 1 is 1.37 bits per heavy atom. The molecule has 0 spiro atoms. The molecule has 0 atom stereocenters. The Balaban J connectivity index is 1.98. The van der Waals surface area contributed by atoms with Gasteiger partial charge in [0.15, 0.2) is 0 Å². The molecule has 1 heterocycles. The van der Waals surface area contributed by atoms with Crippen LogP contribution in [0, 0.1) is 0 Å². The highest BCUT2D eigenvalue weighted by Gasteiger charge is 2.15. The molecule has 1 saturated heterocycles. The van der Waals surface area contributed by atoms with Gasteiger partial charge in [0.2, 0.25) is 0 Å². The van der Waals surface area contributed by atoms with Gasteiger partial charge in [-0.2, -0.15) is 20.5 Å². The fourth-order valence-electron chi connectivity index (χ4n) is 2.05. The van der Waals surface area contributed by atoms with Crippen LogP contribution in [0.25, 0.3) is 0 Å². The van der Waals surface area contributed by atoms with Crippen LogP contribution in [0.5, 0.6) is 5.75 Å². The van der Waals surface area contributed by atoms with Crippen molar-refractivity contribution in [3.05, 3.63) is 28.2 Å². The average Bonchev–Trinajstić information content (AvgIpc) is 2.40. The Labute approximate surface area is 124 Å². The largest absolute Gasteiger partial charge is 0.434 e. The van der Waals surface area contributed by atoms with Crippen molar-refractivity contribution in [1.82, 2.24) is 5.32 Å². The maximum atomic E-state index is 12.3. The summed E-state index contributed by atoms with van der Waals surface area (Å²) in [5.41, 5.74) is 0.757. The number of benzene rings is 1. The van der Waals surface area contributed by atoms with E-state index < -0.39 is 6.61 Å². The molecule has 1 aliphatic rings. The lowest BCUT2D eigenvalue weighted by atomic mass is 10.1. The summed E-state index contributed by atoms with van der Waals surface area (Å²) in [5, 5.41) is 3.42. The maximum absolute atomic E-state index is 12.3. The highest BCUT2D eigenvalue weighted by atomic mass is 79.9. The van der Waals surface area contributed by atoms with E-state index in [1.807, 2.05) is 17.8 Å². The highest BCUT2D eigenvalue weighted by molar-refractivity contribution is 9.10. The van der Waals surface area contributed by atoms with Crippen molar-refractivity contribution >= 4 is 27.7 Å². The fraction of sp³-hybridized carbons (Fsp3) is 0.538. The van der Waals surface area contributed by atoms with Crippen molar-refractivity contribution in [1.29, 1.82) is 0 Å². The minimum atomic E-state index is -2.79. The summed E-state index contributed by atoms with van der Waals surface area (Å²) < 4.78 is 30.1. The number of ether oxygens (including phenoxy) is 1. The van der Waals surface area contributed by atoms with Crippen molar-refractivity contribution in [2.75, 3.05) is 11.5 Å². The highest BCUT2D eigenvalue weighted by Crippen LogP contribution is 2.25. The Hall–Kier alpha value is -0.330. The van der Waals surface area contributed by atoms with Gasteiger partial charge in [0.1, 0.15) is 5.75 Å². The second-order valence-electron chi connectivity index (χ2n) is 4.40. The van der Waals surface area contributed by atoms with Gasteiger partial charge in [0.25, 0.3) is 0 Å². The second kappa shape index (κ2) is 7.45. The number of alkyl halides is 2. The zero-order chi connectivity index (χ0) is 13.7. The number of nitrogens with one attached hydrogen (secondary N) is 1. The quantitative estimate of drug-likeness (QED) is 0.864. The van der Waals surface area contributed by atoms with E-state index in [4.69, 9.17) is 0 Å². The van der Waals surface area contributed by atoms with Crippen LogP contribution in [-0.4, -0.2) is 24.2 Å². The molecule has 19 heavy (non-hydrogen) atoms. The topological polar surface area (TPSA) is 21.3 Å². The lowest BCUT2D eigenvalue weighted by molar-refractivity contribution is -0.0505. The molecule has 1 fully saturated rings. The lowest BCUT2D eigenvalue weighted by Gasteiger charge is -2.23. The third-order valence-corrected chi connectivity index (χ3v) is 4.58. The molecule has 1 N–H and O–H groups in total. The van der Waals surface area contributed by atoms with E-state index in [1.165, 1.54) is 0 Å². The molecular formula is C13H16BrF2NOS. The SMILES string of the molecule is FC(F)Oc1ccc(Br)cc1CNC1CCSCC1. The average molecular weight is 352 g/mol. The van der Waals surface area contributed by atoms with Gasteiger partial charge in [-0.05, 0) is 42.5 Å². The molecule has 106 valence electrons. The summed E-state index contributed by atoms with van der Waals surface area (Å²) in [6.45, 7) is -2.23. The van der Waals surface area contributed by atoms with Gasteiger partial charge in [-0.3, -0.25) is 0 Å². The predicted molar refractivity (Wildman–Crippen MR) is 78.0 cm³/mol. The van der Waals surface area contributed by atoms with Gasteiger partial charge in [-0.15, -0.1) is 0 Å². The van der Waals surface area contributed by atoms with Crippen LogP contribution in [-0.2, 0) is 6.54 Å². The number of halogens is 3. The molecule has 2 rings (SSSR count). The molecule has 0 saturated carbocycles. The molecule has 1 aromatic carbocycles. The first-order chi connectivity index (χ1) is 9.15. The molecule has 1 aliphatic heterocycles. The summed E-state index contributed by atoms with van der Waals surface area (Å²) in [6, 6.07) is 5.57. The molecule has 0 bridgehead atoms. The molecule has 2 nitrogen and oxygen atoms in total. The first-order valence-corrected chi connectivity index (χ1v) is 8.14. The molecule has 6 heteroatoms. The molecule has 0 aliphatic carbocycles. The van der Waals surface area contributed by atoms with Crippen LogP contribution in [0.1, 0.15) is 18.4 Å². The molecule has 0 aromatic heterocycles. The first kappa shape index (κ1) is 15.1. The second-order valence-corrected chi connectivity index (χ2v) is 6.54. The van der Waals surface area contributed by atoms with E-state index in [0.717, 1.165) is 34.4 Å².